The summed E-state index contributed by atoms with van der Waals surface area (Å²) < 4.78 is 44.4. The van der Waals surface area contributed by atoms with Crippen molar-refractivity contribution in [2.24, 2.45) is 0 Å². The van der Waals surface area contributed by atoms with Gasteiger partial charge in [0.05, 0.1) is 25.2 Å². The van der Waals surface area contributed by atoms with Crippen LogP contribution >= 0.6 is 0 Å². The summed E-state index contributed by atoms with van der Waals surface area (Å²) in [4.78, 5) is 13.8. The maximum Gasteiger partial charge on any atom is 0.435 e. The number of rotatable bonds is 5. The Morgan fingerprint density at radius 2 is 2.04 bits per heavy atom. The van der Waals surface area contributed by atoms with Crippen LogP contribution < -0.4 is 0 Å². The van der Waals surface area contributed by atoms with E-state index in [0.717, 1.165) is 6.07 Å². The van der Waals surface area contributed by atoms with E-state index in [1.807, 2.05) is 13.8 Å². The third kappa shape index (κ3) is 4.95. The number of nitrogens with zero attached hydrogens (tertiary/aromatic N) is 3. The van der Waals surface area contributed by atoms with Crippen LogP contribution in [0.4, 0.5) is 13.2 Å². The van der Waals surface area contributed by atoms with E-state index < -0.39 is 11.9 Å². The highest BCUT2D eigenvalue weighted by molar-refractivity contribution is 5.76. The molecular weight excluding hydrogens is 311 g/mol. The van der Waals surface area contributed by atoms with Gasteiger partial charge in [-0.2, -0.15) is 18.3 Å². The molecule has 0 radical (unpaired) electrons. The number of hydrogen-bond acceptors (Lipinski definition) is 3. The van der Waals surface area contributed by atoms with Crippen LogP contribution in [0.15, 0.2) is 12.3 Å². The lowest BCUT2D eigenvalue weighted by molar-refractivity contribution is -0.141. The van der Waals surface area contributed by atoms with Crippen LogP contribution in [0.25, 0.3) is 0 Å². The van der Waals surface area contributed by atoms with E-state index in [2.05, 4.69) is 5.10 Å². The summed E-state index contributed by atoms with van der Waals surface area (Å²) in [5.41, 5.74) is -0.873. The van der Waals surface area contributed by atoms with E-state index in [4.69, 9.17) is 4.74 Å². The van der Waals surface area contributed by atoms with Crippen LogP contribution in [0.3, 0.4) is 0 Å². The van der Waals surface area contributed by atoms with Gasteiger partial charge in [0.25, 0.3) is 0 Å². The second-order valence-corrected chi connectivity index (χ2v) is 5.96. The second kappa shape index (κ2) is 7.33. The van der Waals surface area contributed by atoms with E-state index in [1.54, 1.807) is 4.90 Å². The number of ether oxygens (including phenoxy) is 1. The number of carbonyl (C=O) groups is 1. The summed E-state index contributed by atoms with van der Waals surface area (Å²) in [6, 6.07) is 0.892. The standard InChI is InChI=1S/C15H22F3N3O2/c1-11(2)23-10-6-14(22)20-7-3-12(4-8-20)21-9-5-13(19-21)15(16,17)18/h5,9,11-12H,3-4,6-8,10H2,1-2H3. The Bertz CT molecular complexity index is 520. The third-order valence-corrected chi connectivity index (χ3v) is 3.86. The molecule has 0 atom stereocenters. The maximum absolute atomic E-state index is 12.6. The molecule has 0 bridgehead atoms. The van der Waals surface area contributed by atoms with Gasteiger partial charge in [0.2, 0.25) is 5.91 Å². The van der Waals surface area contributed by atoms with E-state index in [9.17, 15) is 18.0 Å². The Kier molecular flexibility index (Phi) is 5.67. The minimum Gasteiger partial charge on any atom is -0.378 e. The van der Waals surface area contributed by atoms with Crippen LogP contribution in [-0.4, -0.2) is 46.4 Å². The lowest BCUT2D eigenvalue weighted by atomic mass is 10.1. The van der Waals surface area contributed by atoms with Gasteiger partial charge >= 0.3 is 6.18 Å². The Balaban J connectivity index is 1.81. The van der Waals surface area contributed by atoms with Crippen LogP contribution in [0.2, 0.25) is 0 Å². The Morgan fingerprint density at radius 1 is 1.39 bits per heavy atom. The first-order chi connectivity index (χ1) is 10.8. The van der Waals surface area contributed by atoms with Crippen LogP contribution in [0.5, 0.6) is 0 Å². The average molecular weight is 333 g/mol. The van der Waals surface area contributed by atoms with Crippen LogP contribution in [-0.2, 0) is 15.7 Å². The van der Waals surface area contributed by atoms with Crippen LogP contribution in [0.1, 0.15) is 44.8 Å². The van der Waals surface area contributed by atoms with Crippen LogP contribution in [0, 0.1) is 0 Å². The summed E-state index contributed by atoms with van der Waals surface area (Å²) in [5.74, 6) is 0.0283. The predicted molar refractivity (Wildman–Crippen MR) is 77.8 cm³/mol. The molecule has 1 saturated heterocycles. The van der Waals surface area contributed by atoms with Crippen molar-refractivity contribution in [2.45, 2.75) is 51.4 Å². The van der Waals surface area contributed by atoms with E-state index >= 15 is 0 Å². The SMILES string of the molecule is CC(C)OCCC(=O)N1CCC(n2ccc(C(F)(F)F)n2)CC1. The number of halogens is 3. The molecule has 1 amide bonds. The summed E-state index contributed by atoms with van der Waals surface area (Å²) in [6.07, 6.45) is -1.41. The van der Waals surface area contributed by atoms with E-state index in [0.29, 0.717) is 39.0 Å². The lowest BCUT2D eigenvalue weighted by Gasteiger charge is -2.32. The molecule has 1 aliphatic rings. The first-order valence-corrected chi connectivity index (χ1v) is 7.79. The number of aromatic nitrogens is 2. The van der Waals surface area contributed by atoms with Gasteiger partial charge in [0, 0.05) is 19.3 Å². The Morgan fingerprint density at radius 3 is 2.57 bits per heavy atom. The van der Waals surface area contributed by atoms with Crippen molar-refractivity contribution >= 4 is 5.91 Å². The summed E-state index contributed by atoms with van der Waals surface area (Å²) in [6.45, 7) is 5.29. The van der Waals surface area contributed by atoms with Gasteiger partial charge in [-0.1, -0.05) is 0 Å². The molecule has 8 heteroatoms. The molecular formula is C15H22F3N3O2. The number of piperidine rings is 1. The monoisotopic (exact) mass is 333 g/mol. The third-order valence-electron chi connectivity index (χ3n) is 3.86. The second-order valence-electron chi connectivity index (χ2n) is 5.96. The van der Waals surface area contributed by atoms with Gasteiger partial charge in [-0.3, -0.25) is 9.48 Å². The molecule has 2 heterocycles. The number of carbonyl (C=O) groups excluding carboxylic acids is 1. The molecule has 1 aromatic rings. The first kappa shape index (κ1) is 17.8. The topological polar surface area (TPSA) is 47.4 Å². The molecule has 1 fully saturated rings. The highest BCUT2D eigenvalue weighted by atomic mass is 19.4. The van der Waals surface area contributed by atoms with Gasteiger partial charge in [-0.25, -0.2) is 0 Å². The van der Waals surface area contributed by atoms with Gasteiger partial charge in [0.15, 0.2) is 5.69 Å². The molecule has 0 unspecified atom stereocenters. The molecule has 0 spiro atoms. The number of amides is 1. The molecule has 0 N–H and O–H groups in total. The van der Waals surface area contributed by atoms with Crippen molar-refractivity contribution in [2.75, 3.05) is 19.7 Å². The van der Waals surface area contributed by atoms with Gasteiger partial charge in [0.1, 0.15) is 0 Å². The van der Waals surface area contributed by atoms with Gasteiger partial charge in [-0.05, 0) is 32.8 Å². The predicted octanol–water partition coefficient (Wildman–Crippen LogP) is 2.88. The number of hydrogen-bond donors (Lipinski definition) is 0. The first-order valence-electron chi connectivity index (χ1n) is 7.79. The molecule has 130 valence electrons. The summed E-state index contributed by atoms with van der Waals surface area (Å²) in [5, 5.41) is 3.61. The Hall–Kier alpha value is -1.57. The molecule has 1 aliphatic heterocycles. The van der Waals surface area contributed by atoms with Crippen molar-refractivity contribution in [1.82, 2.24) is 14.7 Å². The zero-order valence-electron chi connectivity index (χ0n) is 13.3. The molecule has 0 aromatic carbocycles. The van der Waals surface area contributed by atoms with Crippen molar-refractivity contribution in [3.8, 4) is 0 Å². The minimum absolute atomic E-state index is 0.0283. The summed E-state index contributed by atoms with van der Waals surface area (Å²) >= 11 is 0. The Labute approximate surface area is 133 Å². The zero-order chi connectivity index (χ0) is 17.0. The van der Waals surface area contributed by atoms with E-state index in [-0.39, 0.29) is 18.1 Å². The fourth-order valence-electron chi connectivity index (χ4n) is 2.61. The number of alkyl halides is 3. The normalized spacial score (nSPS) is 17.0. The van der Waals surface area contributed by atoms with Crippen molar-refractivity contribution in [3.05, 3.63) is 18.0 Å². The average Bonchev–Trinajstić information content (AvgIpc) is 2.97. The van der Waals surface area contributed by atoms with Gasteiger partial charge < -0.3 is 9.64 Å². The molecule has 23 heavy (non-hydrogen) atoms. The minimum atomic E-state index is -4.42. The van der Waals surface area contributed by atoms with Crippen molar-refractivity contribution in [1.29, 1.82) is 0 Å². The zero-order valence-corrected chi connectivity index (χ0v) is 13.3. The molecule has 0 saturated carbocycles. The van der Waals surface area contributed by atoms with E-state index in [1.165, 1.54) is 10.9 Å². The largest absolute Gasteiger partial charge is 0.435 e. The van der Waals surface area contributed by atoms with Crippen molar-refractivity contribution in [3.63, 3.8) is 0 Å². The highest BCUT2D eigenvalue weighted by Gasteiger charge is 2.34. The molecule has 0 aliphatic carbocycles. The molecule has 5 nitrogen and oxygen atoms in total. The molecule has 1 aromatic heterocycles. The van der Waals surface area contributed by atoms with Crippen molar-refractivity contribution < 1.29 is 22.7 Å². The van der Waals surface area contributed by atoms with Gasteiger partial charge in [-0.15, -0.1) is 0 Å². The quantitative estimate of drug-likeness (QED) is 0.832. The number of likely N-dealkylation sites (tertiary alicyclic amines) is 1. The molecule has 2 rings (SSSR count). The highest BCUT2D eigenvalue weighted by Crippen LogP contribution is 2.29. The fraction of sp³-hybridized carbons (Fsp3) is 0.733. The fourth-order valence-corrected chi connectivity index (χ4v) is 2.61. The maximum atomic E-state index is 12.6. The lowest BCUT2D eigenvalue weighted by Crippen LogP contribution is -2.39. The summed E-state index contributed by atoms with van der Waals surface area (Å²) in [7, 11) is 0. The smallest absolute Gasteiger partial charge is 0.378 e.